The van der Waals surface area contributed by atoms with Crippen molar-refractivity contribution < 1.29 is 0 Å². The summed E-state index contributed by atoms with van der Waals surface area (Å²) >= 11 is 0. The van der Waals surface area contributed by atoms with Gasteiger partial charge in [0.25, 0.3) is 0 Å². The zero-order valence-corrected chi connectivity index (χ0v) is 16.2. The molecular formula is C24H28N2. The lowest BCUT2D eigenvalue weighted by Crippen LogP contribution is -2.22. The van der Waals surface area contributed by atoms with Gasteiger partial charge in [0.05, 0.1) is 0 Å². The Labute approximate surface area is 157 Å². The number of hydrogen-bond donors (Lipinski definition) is 0. The van der Waals surface area contributed by atoms with Crippen LogP contribution < -0.4 is 9.80 Å². The van der Waals surface area contributed by atoms with E-state index < -0.39 is 0 Å². The van der Waals surface area contributed by atoms with E-state index in [-0.39, 0.29) is 0 Å². The minimum absolute atomic E-state index is 1.01. The van der Waals surface area contributed by atoms with E-state index in [4.69, 9.17) is 0 Å². The molecule has 134 valence electrons. The Morgan fingerprint density at radius 2 is 1.04 bits per heavy atom. The second-order valence-electron chi connectivity index (χ2n) is 6.70. The molecule has 3 aromatic rings. The van der Waals surface area contributed by atoms with Gasteiger partial charge < -0.3 is 9.80 Å². The van der Waals surface area contributed by atoms with E-state index in [9.17, 15) is 0 Å². The molecule has 0 saturated carbocycles. The number of nitrogens with zero attached hydrogens (tertiary/aromatic N) is 2. The summed E-state index contributed by atoms with van der Waals surface area (Å²) in [7, 11) is 0. The molecular weight excluding hydrogens is 316 g/mol. The predicted molar refractivity (Wildman–Crippen MR) is 114 cm³/mol. The topological polar surface area (TPSA) is 6.48 Å². The average Bonchev–Trinajstić information content (AvgIpc) is 2.66. The molecule has 0 radical (unpaired) electrons. The SMILES string of the molecule is CCN(CC)c1cccc(N(c2ccc(C)cc2)c2ccc(C)cc2)c1. The molecule has 0 aliphatic heterocycles. The molecule has 0 heterocycles. The number of hydrogen-bond acceptors (Lipinski definition) is 2. The maximum atomic E-state index is 2.38. The molecule has 0 fully saturated rings. The van der Waals surface area contributed by atoms with Crippen molar-refractivity contribution in [3.05, 3.63) is 83.9 Å². The van der Waals surface area contributed by atoms with Crippen LogP contribution in [0.2, 0.25) is 0 Å². The molecule has 0 aliphatic rings. The maximum Gasteiger partial charge on any atom is 0.0482 e. The molecule has 3 rings (SSSR count). The minimum Gasteiger partial charge on any atom is -0.372 e. The Balaban J connectivity index is 2.10. The van der Waals surface area contributed by atoms with E-state index in [1.807, 2.05) is 0 Å². The smallest absolute Gasteiger partial charge is 0.0482 e. The fraction of sp³-hybridized carbons (Fsp3) is 0.250. The lowest BCUT2D eigenvalue weighted by molar-refractivity contribution is 0.866. The standard InChI is InChI=1S/C24H28N2/c1-5-25(6-2)23-8-7-9-24(18-23)26(21-14-10-19(3)11-15-21)22-16-12-20(4)13-17-22/h7-18H,5-6H2,1-4H3. The van der Waals surface area contributed by atoms with E-state index >= 15 is 0 Å². The third-order valence-electron chi connectivity index (χ3n) is 4.80. The lowest BCUT2D eigenvalue weighted by atomic mass is 10.1. The zero-order chi connectivity index (χ0) is 18.5. The third kappa shape index (κ3) is 3.91. The van der Waals surface area contributed by atoms with Gasteiger partial charge in [-0.05, 0) is 70.2 Å². The normalized spacial score (nSPS) is 10.6. The second kappa shape index (κ2) is 8.09. The van der Waals surface area contributed by atoms with Crippen LogP contribution in [0.3, 0.4) is 0 Å². The van der Waals surface area contributed by atoms with E-state index in [1.54, 1.807) is 0 Å². The summed E-state index contributed by atoms with van der Waals surface area (Å²) in [5, 5.41) is 0. The van der Waals surface area contributed by atoms with Gasteiger partial charge >= 0.3 is 0 Å². The summed E-state index contributed by atoms with van der Waals surface area (Å²) in [6.07, 6.45) is 0. The highest BCUT2D eigenvalue weighted by atomic mass is 15.2. The molecule has 0 unspecified atom stereocenters. The van der Waals surface area contributed by atoms with Crippen LogP contribution in [-0.4, -0.2) is 13.1 Å². The Morgan fingerprint density at radius 3 is 1.50 bits per heavy atom. The number of anilines is 4. The first-order valence-corrected chi connectivity index (χ1v) is 9.41. The summed E-state index contributed by atoms with van der Waals surface area (Å²) in [6.45, 7) is 10.7. The lowest BCUT2D eigenvalue weighted by Gasteiger charge is -2.28. The first-order valence-electron chi connectivity index (χ1n) is 9.41. The van der Waals surface area contributed by atoms with Gasteiger partial charge in [-0.3, -0.25) is 0 Å². The summed E-state index contributed by atoms with van der Waals surface area (Å²) in [6, 6.07) is 26.3. The van der Waals surface area contributed by atoms with Gasteiger partial charge in [0.15, 0.2) is 0 Å². The van der Waals surface area contributed by atoms with Crippen LogP contribution in [0.5, 0.6) is 0 Å². The predicted octanol–water partition coefficient (Wildman–Crippen LogP) is 6.62. The first-order chi connectivity index (χ1) is 12.6. The second-order valence-corrected chi connectivity index (χ2v) is 6.70. The van der Waals surface area contributed by atoms with Crippen LogP contribution in [-0.2, 0) is 0 Å². The van der Waals surface area contributed by atoms with Crippen molar-refractivity contribution in [1.29, 1.82) is 0 Å². The van der Waals surface area contributed by atoms with Gasteiger partial charge in [-0.25, -0.2) is 0 Å². The maximum absolute atomic E-state index is 2.38. The highest BCUT2D eigenvalue weighted by Crippen LogP contribution is 2.36. The molecule has 0 spiro atoms. The van der Waals surface area contributed by atoms with E-state index in [0.717, 1.165) is 13.1 Å². The van der Waals surface area contributed by atoms with Crippen molar-refractivity contribution in [2.75, 3.05) is 22.9 Å². The van der Waals surface area contributed by atoms with Gasteiger partial charge in [0.2, 0.25) is 0 Å². The Hall–Kier alpha value is -2.74. The van der Waals surface area contributed by atoms with Gasteiger partial charge in [-0.15, -0.1) is 0 Å². The van der Waals surface area contributed by atoms with Crippen molar-refractivity contribution in [3.8, 4) is 0 Å². The van der Waals surface area contributed by atoms with Gasteiger partial charge in [-0.2, -0.15) is 0 Å². The molecule has 0 aliphatic carbocycles. The Morgan fingerprint density at radius 1 is 0.577 bits per heavy atom. The van der Waals surface area contributed by atoms with Gasteiger partial charge in [0.1, 0.15) is 0 Å². The molecule has 0 N–H and O–H groups in total. The van der Waals surface area contributed by atoms with E-state index in [0.29, 0.717) is 0 Å². The highest BCUT2D eigenvalue weighted by molar-refractivity contribution is 5.78. The van der Waals surface area contributed by atoms with Crippen molar-refractivity contribution in [3.63, 3.8) is 0 Å². The molecule has 0 amide bonds. The highest BCUT2D eigenvalue weighted by Gasteiger charge is 2.13. The van der Waals surface area contributed by atoms with Crippen LogP contribution in [0.4, 0.5) is 22.7 Å². The van der Waals surface area contributed by atoms with Crippen LogP contribution >= 0.6 is 0 Å². The summed E-state index contributed by atoms with van der Waals surface area (Å²) in [5.74, 6) is 0. The van der Waals surface area contributed by atoms with Crippen LogP contribution in [0.1, 0.15) is 25.0 Å². The molecule has 0 bridgehead atoms. The summed E-state index contributed by atoms with van der Waals surface area (Å²) < 4.78 is 0. The van der Waals surface area contributed by atoms with Crippen LogP contribution in [0, 0.1) is 13.8 Å². The number of rotatable bonds is 6. The van der Waals surface area contributed by atoms with Crippen molar-refractivity contribution in [1.82, 2.24) is 0 Å². The van der Waals surface area contributed by atoms with Gasteiger partial charge in [-0.1, -0.05) is 41.5 Å². The summed E-state index contributed by atoms with van der Waals surface area (Å²) in [5.41, 5.74) is 7.34. The molecule has 26 heavy (non-hydrogen) atoms. The van der Waals surface area contributed by atoms with E-state index in [2.05, 4.69) is 110 Å². The fourth-order valence-corrected chi connectivity index (χ4v) is 3.25. The molecule has 2 heteroatoms. The quantitative estimate of drug-likeness (QED) is 0.496. The molecule has 0 atom stereocenters. The third-order valence-corrected chi connectivity index (χ3v) is 4.80. The van der Waals surface area contributed by atoms with Crippen molar-refractivity contribution >= 4 is 22.7 Å². The first kappa shape index (κ1) is 18.1. The number of aryl methyl sites for hydroxylation is 2. The molecule has 0 aromatic heterocycles. The number of benzene rings is 3. The Bertz CT molecular complexity index is 785. The molecule has 3 aromatic carbocycles. The summed E-state index contributed by atoms with van der Waals surface area (Å²) in [4.78, 5) is 4.71. The van der Waals surface area contributed by atoms with Crippen LogP contribution in [0.15, 0.2) is 72.8 Å². The fourth-order valence-electron chi connectivity index (χ4n) is 3.25. The van der Waals surface area contributed by atoms with Gasteiger partial charge in [0, 0.05) is 35.8 Å². The monoisotopic (exact) mass is 344 g/mol. The zero-order valence-electron chi connectivity index (χ0n) is 16.2. The average molecular weight is 345 g/mol. The van der Waals surface area contributed by atoms with Crippen molar-refractivity contribution in [2.24, 2.45) is 0 Å². The molecule has 0 saturated heterocycles. The van der Waals surface area contributed by atoms with E-state index in [1.165, 1.54) is 33.9 Å². The minimum atomic E-state index is 1.01. The molecule has 2 nitrogen and oxygen atoms in total. The Kier molecular flexibility index (Phi) is 5.62. The van der Waals surface area contributed by atoms with Crippen LogP contribution in [0.25, 0.3) is 0 Å². The largest absolute Gasteiger partial charge is 0.372 e. The van der Waals surface area contributed by atoms with Crippen molar-refractivity contribution in [2.45, 2.75) is 27.7 Å².